The van der Waals surface area contributed by atoms with Crippen molar-refractivity contribution in [1.82, 2.24) is 0 Å². The van der Waals surface area contributed by atoms with E-state index in [2.05, 4.69) is 31.2 Å². The van der Waals surface area contributed by atoms with E-state index in [1.807, 2.05) is 0 Å². The molecule has 20 heavy (non-hydrogen) atoms. The predicted molar refractivity (Wildman–Crippen MR) is 81.1 cm³/mol. The number of hydrogen-bond donors (Lipinski definition) is 1. The second-order valence-electron chi connectivity index (χ2n) is 6.39. The molecule has 104 valence electrons. The molecular formula is C17H18O2S. The maximum absolute atomic E-state index is 11.8. The lowest BCUT2D eigenvalue weighted by molar-refractivity contribution is 0.610. The van der Waals surface area contributed by atoms with Crippen LogP contribution in [0.15, 0.2) is 29.2 Å². The molecule has 0 heterocycles. The van der Waals surface area contributed by atoms with Crippen molar-refractivity contribution in [1.29, 1.82) is 0 Å². The average molecular weight is 286 g/mol. The molecule has 2 aliphatic rings. The number of fused-ring (bicyclic) bond motifs is 2. The minimum atomic E-state index is -2.53. The van der Waals surface area contributed by atoms with Crippen LogP contribution in [0.25, 0.3) is 10.8 Å². The molecule has 2 aromatic rings. The van der Waals surface area contributed by atoms with Crippen molar-refractivity contribution in [2.45, 2.75) is 43.4 Å². The van der Waals surface area contributed by atoms with E-state index >= 15 is 0 Å². The van der Waals surface area contributed by atoms with Crippen LogP contribution in [0.4, 0.5) is 0 Å². The first kappa shape index (κ1) is 12.4. The molecule has 1 fully saturated rings. The molecule has 1 saturated carbocycles. The smallest absolute Gasteiger partial charge is 0.169 e. The van der Waals surface area contributed by atoms with Crippen LogP contribution >= 0.6 is 0 Å². The van der Waals surface area contributed by atoms with E-state index < -0.39 is 10.7 Å². The molecule has 2 aliphatic carbocycles. The van der Waals surface area contributed by atoms with Crippen LogP contribution in [-0.4, -0.2) is 8.42 Å². The molecule has 3 heteroatoms. The number of hydrogen-bond acceptors (Lipinski definition) is 2. The minimum absolute atomic E-state index is 0.554. The number of thiol groups is 1. The van der Waals surface area contributed by atoms with Gasteiger partial charge in [0, 0.05) is 5.39 Å². The topological polar surface area (TPSA) is 34.1 Å². The first-order chi connectivity index (χ1) is 9.63. The molecule has 2 aromatic carbocycles. The summed E-state index contributed by atoms with van der Waals surface area (Å²) in [6, 6.07) is 8.60. The molecule has 0 radical (unpaired) electrons. The van der Waals surface area contributed by atoms with Gasteiger partial charge in [-0.25, -0.2) is 8.42 Å². The highest BCUT2D eigenvalue weighted by Gasteiger charge is 2.27. The largest absolute Gasteiger partial charge is 0.227 e. The van der Waals surface area contributed by atoms with Crippen molar-refractivity contribution in [3.8, 4) is 0 Å². The van der Waals surface area contributed by atoms with E-state index in [9.17, 15) is 8.42 Å². The van der Waals surface area contributed by atoms with Gasteiger partial charge in [-0.1, -0.05) is 25.1 Å². The molecule has 2 nitrogen and oxygen atoms in total. The number of benzene rings is 2. The zero-order valence-electron chi connectivity index (χ0n) is 11.6. The van der Waals surface area contributed by atoms with Gasteiger partial charge in [0.15, 0.2) is 10.7 Å². The molecule has 0 aromatic heterocycles. The van der Waals surface area contributed by atoms with Crippen molar-refractivity contribution in [2.24, 2.45) is 5.92 Å². The molecule has 0 aliphatic heterocycles. The summed E-state index contributed by atoms with van der Waals surface area (Å²) in [4.78, 5) is 0.597. The van der Waals surface area contributed by atoms with Crippen LogP contribution in [-0.2, 0) is 23.5 Å². The zero-order valence-corrected chi connectivity index (χ0v) is 12.5. The molecule has 0 saturated heterocycles. The normalized spacial score (nSPS) is 21.6. The van der Waals surface area contributed by atoms with Crippen molar-refractivity contribution in [3.05, 3.63) is 41.0 Å². The second kappa shape index (κ2) is 4.32. The van der Waals surface area contributed by atoms with E-state index in [0.29, 0.717) is 16.7 Å². The highest BCUT2D eigenvalue weighted by Crippen LogP contribution is 2.42. The van der Waals surface area contributed by atoms with Crippen LogP contribution in [0.1, 0.15) is 42.4 Å². The van der Waals surface area contributed by atoms with Crippen LogP contribution in [0.2, 0.25) is 0 Å². The Kier molecular flexibility index (Phi) is 2.68. The summed E-state index contributed by atoms with van der Waals surface area (Å²) < 4.78 is 23.6. The molecule has 1 atom stereocenters. The average Bonchev–Trinajstić information content (AvgIpc) is 3.17. The first-order valence-corrected chi connectivity index (χ1v) is 8.54. The molecule has 0 amide bonds. The van der Waals surface area contributed by atoms with Crippen molar-refractivity contribution >= 4 is 21.5 Å². The summed E-state index contributed by atoms with van der Waals surface area (Å²) in [5.74, 6) is 1.21. The lowest BCUT2D eigenvalue weighted by Gasteiger charge is -2.10. The Morgan fingerprint density at radius 2 is 1.90 bits per heavy atom. The zero-order chi connectivity index (χ0) is 13.9. The fourth-order valence-corrected chi connectivity index (χ4v) is 4.43. The monoisotopic (exact) mass is 286 g/mol. The first-order valence-electron chi connectivity index (χ1n) is 7.36. The Bertz CT molecular complexity index is 777. The molecular weight excluding hydrogens is 268 g/mol. The SMILES string of the molecule is CC1Cc2cc3ccc(C4CC4)cc3c([SH](=O)=O)c2C1. The highest BCUT2D eigenvalue weighted by molar-refractivity contribution is 7.72. The van der Waals surface area contributed by atoms with Crippen LogP contribution < -0.4 is 0 Å². The predicted octanol–water partition coefficient (Wildman–Crippen LogP) is 3.42. The lowest BCUT2D eigenvalue weighted by atomic mass is 9.99. The maximum atomic E-state index is 11.8. The third-order valence-corrected chi connectivity index (χ3v) is 5.56. The van der Waals surface area contributed by atoms with Gasteiger partial charge < -0.3 is 0 Å². The van der Waals surface area contributed by atoms with Gasteiger partial charge >= 0.3 is 0 Å². The van der Waals surface area contributed by atoms with Gasteiger partial charge in [-0.2, -0.15) is 0 Å². The summed E-state index contributed by atoms with van der Waals surface area (Å²) in [5, 5.41) is 2.02. The van der Waals surface area contributed by atoms with Gasteiger partial charge in [-0.15, -0.1) is 0 Å². The van der Waals surface area contributed by atoms with Gasteiger partial charge in [0.2, 0.25) is 0 Å². The summed E-state index contributed by atoms with van der Waals surface area (Å²) in [6.07, 6.45) is 4.39. The Morgan fingerprint density at radius 3 is 2.60 bits per heavy atom. The number of rotatable bonds is 2. The van der Waals surface area contributed by atoms with Crippen LogP contribution in [0.3, 0.4) is 0 Å². The van der Waals surface area contributed by atoms with Crippen LogP contribution in [0, 0.1) is 5.92 Å². The van der Waals surface area contributed by atoms with E-state index in [1.165, 1.54) is 24.0 Å². The summed E-state index contributed by atoms with van der Waals surface area (Å²) in [5.41, 5.74) is 3.62. The van der Waals surface area contributed by atoms with Crippen molar-refractivity contribution < 1.29 is 8.42 Å². The Balaban J connectivity index is 2.04. The van der Waals surface area contributed by atoms with E-state index in [1.54, 1.807) is 0 Å². The standard InChI is InChI=1S/C17H18O2S/c1-10-6-14-8-13-5-4-12(11-2-3-11)9-16(13)17(20(18)19)15(14)7-10/h4-5,8-11,20H,2-3,6-7H2,1H3. The summed E-state index contributed by atoms with van der Waals surface area (Å²) in [6.45, 7) is 2.20. The fraction of sp³-hybridized carbons (Fsp3) is 0.412. The Morgan fingerprint density at radius 1 is 1.10 bits per heavy atom. The van der Waals surface area contributed by atoms with Gasteiger partial charge in [-0.05, 0) is 65.7 Å². The Labute approximate surface area is 120 Å². The summed E-state index contributed by atoms with van der Waals surface area (Å²) in [7, 11) is -2.53. The molecule has 0 N–H and O–H groups in total. The van der Waals surface area contributed by atoms with E-state index in [0.717, 1.165) is 29.2 Å². The van der Waals surface area contributed by atoms with Crippen molar-refractivity contribution in [3.63, 3.8) is 0 Å². The maximum Gasteiger partial charge on any atom is 0.169 e. The quantitative estimate of drug-likeness (QED) is 0.858. The third kappa shape index (κ3) is 1.87. The minimum Gasteiger partial charge on any atom is -0.227 e. The summed E-state index contributed by atoms with van der Waals surface area (Å²) >= 11 is 0. The molecule has 1 unspecified atom stereocenters. The van der Waals surface area contributed by atoms with Crippen LogP contribution in [0.5, 0.6) is 0 Å². The molecule has 4 rings (SSSR count). The lowest BCUT2D eigenvalue weighted by Crippen LogP contribution is -1.95. The third-order valence-electron chi connectivity index (χ3n) is 4.69. The Hall–Kier alpha value is -1.35. The van der Waals surface area contributed by atoms with Crippen molar-refractivity contribution in [2.75, 3.05) is 0 Å². The molecule has 0 bridgehead atoms. The van der Waals surface area contributed by atoms with E-state index in [4.69, 9.17) is 0 Å². The highest BCUT2D eigenvalue weighted by atomic mass is 32.2. The molecule has 0 spiro atoms. The van der Waals surface area contributed by atoms with Gasteiger partial charge in [0.1, 0.15) is 0 Å². The van der Waals surface area contributed by atoms with Gasteiger partial charge in [0.25, 0.3) is 0 Å². The van der Waals surface area contributed by atoms with E-state index in [-0.39, 0.29) is 0 Å². The van der Waals surface area contributed by atoms with Gasteiger partial charge in [-0.3, -0.25) is 0 Å². The fourth-order valence-electron chi connectivity index (χ4n) is 3.58. The van der Waals surface area contributed by atoms with Gasteiger partial charge in [0.05, 0.1) is 4.90 Å². The second-order valence-corrected chi connectivity index (χ2v) is 7.35.